The third-order valence-electron chi connectivity index (χ3n) is 1.91. The molecule has 88 valence electrons. The first-order valence-electron chi connectivity index (χ1n) is 4.99. The fraction of sp³-hybridized carbons (Fsp3) is 0.500. The number of nitrogens with one attached hydrogen (secondary N) is 1. The highest BCUT2D eigenvalue weighted by Crippen LogP contribution is 2.17. The van der Waals surface area contributed by atoms with Gasteiger partial charge in [-0.05, 0) is 13.8 Å². The lowest BCUT2D eigenvalue weighted by molar-refractivity contribution is 0.112. The molecular formula is C10H14ClN3O2. The van der Waals surface area contributed by atoms with E-state index in [9.17, 15) is 4.79 Å². The highest BCUT2D eigenvalue weighted by Gasteiger charge is 2.11. The zero-order chi connectivity index (χ0) is 12.0. The van der Waals surface area contributed by atoms with Gasteiger partial charge in [0.25, 0.3) is 0 Å². The minimum absolute atomic E-state index is 0.0459. The zero-order valence-electron chi connectivity index (χ0n) is 9.24. The maximum Gasteiger partial charge on any atom is 0.156 e. The minimum atomic E-state index is 0.0459. The number of carbonyl (C=O) groups excluding carboxylic acids is 1. The Labute approximate surface area is 99.2 Å². The van der Waals surface area contributed by atoms with Gasteiger partial charge in [0.15, 0.2) is 6.29 Å². The van der Waals surface area contributed by atoms with Crippen LogP contribution in [0.1, 0.15) is 24.2 Å². The van der Waals surface area contributed by atoms with Gasteiger partial charge < -0.3 is 10.1 Å². The van der Waals surface area contributed by atoms with Crippen LogP contribution in [0.2, 0.25) is 5.15 Å². The molecule has 1 rings (SSSR count). The summed E-state index contributed by atoms with van der Waals surface area (Å²) in [7, 11) is 0. The van der Waals surface area contributed by atoms with Crippen LogP contribution in [0.5, 0.6) is 0 Å². The Morgan fingerprint density at radius 1 is 1.62 bits per heavy atom. The van der Waals surface area contributed by atoms with Gasteiger partial charge in [-0.3, -0.25) is 4.79 Å². The summed E-state index contributed by atoms with van der Waals surface area (Å²) in [6, 6.07) is 0.0459. The first kappa shape index (κ1) is 12.9. The van der Waals surface area contributed by atoms with E-state index in [-0.39, 0.29) is 16.8 Å². The number of aldehydes is 1. The maximum absolute atomic E-state index is 10.8. The average molecular weight is 244 g/mol. The minimum Gasteiger partial charge on any atom is -0.380 e. The Balaban J connectivity index is 2.72. The first-order chi connectivity index (χ1) is 7.69. The number of anilines is 1. The van der Waals surface area contributed by atoms with Gasteiger partial charge in [0.05, 0.1) is 12.2 Å². The fourth-order valence-electron chi connectivity index (χ4n) is 1.16. The number of carbonyl (C=O) groups is 1. The van der Waals surface area contributed by atoms with E-state index in [1.807, 2.05) is 13.8 Å². The predicted molar refractivity (Wildman–Crippen MR) is 62.0 cm³/mol. The van der Waals surface area contributed by atoms with Gasteiger partial charge in [0, 0.05) is 12.6 Å². The standard InChI is InChI=1S/C10H14ClN3O2/c1-3-16-5-7(2)14-10-8(4-15)9(11)12-6-13-10/h4,6-7H,3,5H2,1-2H3,(H,12,13,14). The van der Waals surface area contributed by atoms with Gasteiger partial charge in [0.1, 0.15) is 17.3 Å². The number of aromatic nitrogens is 2. The average Bonchev–Trinajstić information content (AvgIpc) is 2.27. The molecular weight excluding hydrogens is 230 g/mol. The first-order valence-corrected chi connectivity index (χ1v) is 5.36. The van der Waals surface area contributed by atoms with Gasteiger partial charge in [-0.1, -0.05) is 11.6 Å². The Kier molecular flexibility index (Phi) is 5.14. The van der Waals surface area contributed by atoms with E-state index in [1.54, 1.807) is 0 Å². The molecule has 1 heterocycles. The molecule has 0 aliphatic rings. The van der Waals surface area contributed by atoms with Crippen molar-refractivity contribution in [2.24, 2.45) is 0 Å². The highest BCUT2D eigenvalue weighted by molar-refractivity contribution is 6.32. The zero-order valence-corrected chi connectivity index (χ0v) is 9.99. The van der Waals surface area contributed by atoms with Gasteiger partial charge in [-0.2, -0.15) is 0 Å². The van der Waals surface area contributed by atoms with E-state index in [1.165, 1.54) is 6.33 Å². The van der Waals surface area contributed by atoms with Crippen molar-refractivity contribution >= 4 is 23.7 Å². The number of halogens is 1. The summed E-state index contributed by atoms with van der Waals surface area (Å²) in [5.41, 5.74) is 0.271. The van der Waals surface area contributed by atoms with Gasteiger partial charge in [-0.15, -0.1) is 0 Å². The summed E-state index contributed by atoms with van der Waals surface area (Å²) in [5, 5.41) is 3.19. The third kappa shape index (κ3) is 3.43. The van der Waals surface area contributed by atoms with Crippen molar-refractivity contribution < 1.29 is 9.53 Å². The van der Waals surface area contributed by atoms with Crippen LogP contribution in [-0.2, 0) is 4.74 Å². The quantitative estimate of drug-likeness (QED) is 0.610. The van der Waals surface area contributed by atoms with E-state index < -0.39 is 0 Å². The number of ether oxygens (including phenoxy) is 1. The van der Waals surface area contributed by atoms with E-state index >= 15 is 0 Å². The second kappa shape index (κ2) is 6.40. The molecule has 0 saturated carbocycles. The summed E-state index contributed by atoms with van der Waals surface area (Å²) >= 11 is 5.76. The molecule has 1 N–H and O–H groups in total. The Hall–Kier alpha value is -1.20. The second-order valence-corrected chi connectivity index (χ2v) is 3.61. The fourth-order valence-corrected chi connectivity index (χ4v) is 1.34. The summed E-state index contributed by atoms with van der Waals surface area (Å²) in [6.07, 6.45) is 1.95. The lowest BCUT2D eigenvalue weighted by atomic mass is 10.3. The topological polar surface area (TPSA) is 64.1 Å². The molecule has 5 nitrogen and oxygen atoms in total. The van der Waals surface area contributed by atoms with E-state index in [4.69, 9.17) is 16.3 Å². The van der Waals surface area contributed by atoms with Crippen LogP contribution in [0, 0.1) is 0 Å². The molecule has 0 aliphatic carbocycles. The van der Waals surface area contributed by atoms with E-state index in [0.29, 0.717) is 25.3 Å². The van der Waals surface area contributed by atoms with E-state index in [0.717, 1.165) is 0 Å². The Bertz CT molecular complexity index is 360. The lowest BCUT2D eigenvalue weighted by Gasteiger charge is -2.15. The normalized spacial score (nSPS) is 12.2. The molecule has 0 radical (unpaired) electrons. The van der Waals surface area contributed by atoms with Crippen molar-refractivity contribution in [1.29, 1.82) is 0 Å². The molecule has 0 aliphatic heterocycles. The van der Waals surface area contributed by atoms with Crippen molar-refractivity contribution in [3.63, 3.8) is 0 Å². The highest BCUT2D eigenvalue weighted by atomic mass is 35.5. The van der Waals surface area contributed by atoms with Gasteiger partial charge in [0.2, 0.25) is 0 Å². The van der Waals surface area contributed by atoms with Crippen LogP contribution in [0.4, 0.5) is 5.82 Å². The van der Waals surface area contributed by atoms with Crippen LogP contribution in [0.3, 0.4) is 0 Å². The maximum atomic E-state index is 10.8. The second-order valence-electron chi connectivity index (χ2n) is 3.25. The monoisotopic (exact) mass is 243 g/mol. The van der Waals surface area contributed by atoms with Crippen LogP contribution in [0.15, 0.2) is 6.33 Å². The van der Waals surface area contributed by atoms with Crippen LogP contribution in [0.25, 0.3) is 0 Å². The third-order valence-corrected chi connectivity index (χ3v) is 2.21. The van der Waals surface area contributed by atoms with Crippen molar-refractivity contribution in [1.82, 2.24) is 9.97 Å². The van der Waals surface area contributed by atoms with Gasteiger partial charge in [-0.25, -0.2) is 9.97 Å². The molecule has 1 unspecified atom stereocenters. The van der Waals surface area contributed by atoms with Crippen molar-refractivity contribution in [2.75, 3.05) is 18.5 Å². The smallest absolute Gasteiger partial charge is 0.156 e. The number of hydrogen-bond acceptors (Lipinski definition) is 5. The number of nitrogens with zero attached hydrogens (tertiary/aromatic N) is 2. The van der Waals surface area contributed by atoms with Crippen LogP contribution in [-0.4, -0.2) is 35.5 Å². The number of hydrogen-bond donors (Lipinski definition) is 1. The molecule has 1 atom stereocenters. The predicted octanol–water partition coefficient (Wildman–Crippen LogP) is 1.78. The van der Waals surface area contributed by atoms with Crippen LogP contribution < -0.4 is 5.32 Å². The Morgan fingerprint density at radius 2 is 2.38 bits per heavy atom. The van der Waals surface area contributed by atoms with Crippen LogP contribution >= 0.6 is 11.6 Å². The molecule has 0 fully saturated rings. The van der Waals surface area contributed by atoms with Crippen molar-refractivity contribution in [3.8, 4) is 0 Å². The molecule has 1 aromatic rings. The molecule has 16 heavy (non-hydrogen) atoms. The van der Waals surface area contributed by atoms with E-state index in [2.05, 4.69) is 15.3 Å². The summed E-state index contributed by atoms with van der Waals surface area (Å²) < 4.78 is 5.24. The lowest BCUT2D eigenvalue weighted by Crippen LogP contribution is -2.23. The molecule has 0 amide bonds. The Morgan fingerprint density at radius 3 is 3.00 bits per heavy atom. The molecule has 0 spiro atoms. The molecule has 0 saturated heterocycles. The van der Waals surface area contributed by atoms with Crippen molar-refractivity contribution in [3.05, 3.63) is 17.0 Å². The number of rotatable bonds is 6. The summed E-state index contributed by atoms with van der Waals surface area (Å²) in [4.78, 5) is 18.5. The van der Waals surface area contributed by atoms with Gasteiger partial charge >= 0.3 is 0 Å². The SMILES string of the molecule is CCOCC(C)Nc1ncnc(Cl)c1C=O. The molecule has 0 bridgehead atoms. The summed E-state index contributed by atoms with van der Waals surface area (Å²) in [5.74, 6) is 0.433. The molecule has 1 aromatic heterocycles. The molecule has 0 aromatic carbocycles. The summed E-state index contributed by atoms with van der Waals surface area (Å²) in [6.45, 7) is 5.04. The van der Waals surface area contributed by atoms with Crippen molar-refractivity contribution in [2.45, 2.75) is 19.9 Å². The largest absolute Gasteiger partial charge is 0.380 e. The molecule has 6 heteroatoms.